The van der Waals surface area contributed by atoms with Gasteiger partial charge in [-0.2, -0.15) is 0 Å². The molecule has 0 unspecified atom stereocenters. The maximum atomic E-state index is 9.28. The largest absolute Gasteiger partial charge is 0.395 e. The molecule has 0 bridgehead atoms. The van der Waals surface area contributed by atoms with Crippen LogP contribution >= 0.6 is 11.6 Å². The van der Waals surface area contributed by atoms with Crippen molar-refractivity contribution in [3.63, 3.8) is 0 Å². The zero-order valence-corrected chi connectivity index (χ0v) is 12.5. The molecule has 0 heterocycles. The Morgan fingerprint density at radius 2 is 2.00 bits per heavy atom. The van der Waals surface area contributed by atoms with Crippen molar-refractivity contribution in [2.24, 2.45) is 0 Å². The van der Waals surface area contributed by atoms with Crippen LogP contribution in [0, 0.1) is 6.92 Å². The van der Waals surface area contributed by atoms with Crippen molar-refractivity contribution in [1.82, 2.24) is 4.90 Å². The third-order valence-electron chi connectivity index (χ3n) is 4.06. The highest BCUT2D eigenvalue weighted by atomic mass is 35.5. The Morgan fingerprint density at radius 1 is 1.26 bits per heavy atom. The maximum Gasteiger partial charge on any atom is 0.0558 e. The molecule has 2 nitrogen and oxygen atoms in total. The summed E-state index contributed by atoms with van der Waals surface area (Å²) in [6.07, 6.45) is 6.49. The first-order valence-electron chi connectivity index (χ1n) is 7.30. The van der Waals surface area contributed by atoms with E-state index >= 15 is 0 Å². The minimum absolute atomic E-state index is 0.222. The van der Waals surface area contributed by atoms with Gasteiger partial charge in [-0.25, -0.2) is 0 Å². The van der Waals surface area contributed by atoms with Crippen LogP contribution in [0.3, 0.4) is 0 Å². The second-order valence-electron chi connectivity index (χ2n) is 5.58. The molecular weight excluding hydrogens is 258 g/mol. The lowest BCUT2D eigenvalue weighted by atomic mass is 9.94. The summed E-state index contributed by atoms with van der Waals surface area (Å²) in [5.74, 6) is 0. The number of benzene rings is 1. The van der Waals surface area contributed by atoms with Crippen LogP contribution in [0.25, 0.3) is 0 Å². The normalized spacial score (nSPS) is 17.1. The molecule has 0 aliphatic heterocycles. The molecule has 2 rings (SSSR count). The van der Waals surface area contributed by atoms with Gasteiger partial charge >= 0.3 is 0 Å². The predicted octanol–water partition coefficient (Wildman–Crippen LogP) is 3.78. The van der Waals surface area contributed by atoms with Crippen LogP contribution in [-0.4, -0.2) is 29.2 Å². The molecule has 1 aromatic carbocycles. The Morgan fingerprint density at radius 3 is 2.63 bits per heavy atom. The number of hydrogen-bond acceptors (Lipinski definition) is 2. The van der Waals surface area contributed by atoms with Gasteiger partial charge in [-0.3, -0.25) is 4.90 Å². The lowest BCUT2D eigenvalue weighted by Crippen LogP contribution is -2.38. The number of halogens is 1. The van der Waals surface area contributed by atoms with E-state index in [1.807, 2.05) is 6.07 Å². The standard InChI is InChI=1S/C16H24ClNO/c1-13-7-8-14(16(17)11-13)12-18(9-10-19)15-5-3-2-4-6-15/h7-8,11,15,19H,2-6,9-10,12H2,1H3. The summed E-state index contributed by atoms with van der Waals surface area (Å²) >= 11 is 6.32. The van der Waals surface area contributed by atoms with Gasteiger partial charge in [-0.1, -0.05) is 43.0 Å². The first-order valence-corrected chi connectivity index (χ1v) is 7.68. The molecule has 106 valence electrons. The third-order valence-corrected chi connectivity index (χ3v) is 4.41. The van der Waals surface area contributed by atoms with Crippen molar-refractivity contribution >= 4 is 11.6 Å². The Hall–Kier alpha value is -0.570. The Balaban J connectivity index is 2.06. The fraction of sp³-hybridized carbons (Fsp3) is 0.625. The monoisotopic (exact) mass is 281 g/mol. The van der Waals surface area contributed by atoms with Gasteiger partial charge in [0.05, 0.1) is 6.61 Å². The molecule has 1 aliphatic rings. The van der Waals surface area contributed by atoms with Crippen molar-refractivity contribution in [3.8, 4) is 0 Å². The molecule has 0 spiro atoms. The number of rotatable bonds is 5. The number of aliphatic hydroxyl groups excluding tert-OH is 1. The van der Waals surface area contributed by atoms with Crippen LogP contribution in [0.1, 0.15) is 43.2 Å². The number of hydrogen-bond donors (Lipinski definition) is 1. The van der Waals surface area contributed by atoms with Gasteiger partial charge in [-0.15, -0.1) is 0 Å². The van der Waals surface area contributed by atoms with Gasteiger partial charge in [0, 0.05) is 24.2 Å². The Labute approximate surface area is 121 Å². The van der Waals surface area contributed by atoms with Crippen molar-refractivity contribution in [3.05, 3.63) is 34.3 Å². The molecule has 1 fully saturated rings. The predicted molar refractivity (Wildman–Crippen MR) is 80.6 cm³/mol. The lowest BCUT2D eigenvalue weighted by Gasteiger charge is -2.34. The van der Waals surface area contributed by atoms with Crippen LogP contribution in [0.4, 0.5) is 0 Å². The molecule has 1 saturated carbocycles. The Kier molecular flexibility index (Phi) is 5.68. The second-order valence-corrected chi connectivity index (χ2v) is 5.99. The molecule has 0 atom stereocenters. The van der Waals surface area contributed by atoms with E-state index in [4.69, 9.17) is 11.6 Å². The van der Waals surface area contributed by atoms with Crippen LogP contribution in [-0.2, 0) is 6.54 Å². The number of aliphatic hydroxyl groups is 1. The van der Waals surface area contributed by atoms with E-state index in [2.05, 4.69) is 24.0 Å². The van der Waals surface area contributed by atoms with E-state index in [0.29, 0.717) is 6.04 Å². The lowest BCUT2D eigenvalue weighted by molar-refractivity contribution is 0.117. The SMILES string of the molecule is Cc1ccc(CN(CCO)C2CCCCC2)c(Cl)c1. The van der Waals surface area contributed by atoms with Crippen molar-refractivity contribution in [1.29, 1.82) is 0 Å². The zero-order valence-electron chi connectivity index (χ0n) is 11.7. The van der Waals surface area contributed by atoms with Crippen molar-refractivity contribution < 1.29 is 5.11 Å². The van der Waals surface area contributed by atoms with Crippen LogP contribution in [0.2, 0.25) is 5.02 Å². The second kappa shape index (κ2) is 7.28. The first kappa shape index (κ1) is 14.8. The fourth-order valence-electron chi connectivity index (χ4n) is 2.96. The quantitative estimate of drug-likeness (QED) is 0.888. The molecule has 1 N–H and O–H groups in total. The first-order chi connectivity index (χ1) is 9.20. The molecule has 0 amide bonds. The topological polar surface area (TPSA) is 23.5 Å². The molecule has 19 heavy (non-hydrogen) atoms. The average Bonchev–Trinajstić information content (AvgIpc) is 2.42. The molecule has 1 aliphatic carbocycles. The summed E-state index contributed by atoms with van der Waals surface area (Å²) in [5.41, 5.74) is 2.37. The van der Waals surface area contributed by atoms with Crippen LogP contribution in [0.5, 0.6) is 0 Å². The third kappa shape index (κ3) is 4.20. The summed E-state index contributed by atoms with van der Waals surface area (Å²) in [6.45, 7) is 3.88. The molecular formula is C16H24ClNO. The highest BCUT2D eigenvalue weighted by Gasteiger charge is 2.21. The van der Waals surface area contributed by atoms with Crippen LogP contribution in [0.15, 0.2) is 18.2 Å². The molecule has 0 aromatic heterocycles. The minimum atomic E-state index is 0.222. The van der Waals surface area contributed by atoms with Gasteiger partial charge in [0.15, 0.2) is 0 Å². The van der Waals surface area contributed by atoms with Gasteiger partial charge < -0.3 is 5.11 Å². The highest BCUT2D eigenvalue weighted by molar-refractivity contribution is 6.31. The molecule has 1 aromatic rings. The van der Waals surface area contributed by atoms with E-state index in [1.165, 1.54) is 43.2 Å². The zero-order chi connectivity index (χ0) is 13.7. The molecule has 0 radical (unpaired) electrons. The molecule has 3 heteroatoms. The van der Waals surface area contributed by atoms with Gasteiger partial charge in [0.25, 0.3) is 0 Å². The van der Waals surface area contributed by atoms with E-state index in [1.54, 1.807) is 0 Å². The smallest absolute Gasteiger partial charge is 0.0558 e. The number of nitrogens with zero attached hydrogens (tertiary/aromatic N) is 1. The average molecular weight is 282 g/mol. The van der Waals surface area contributed by atoms with E-state index in [9.17, 15) is 5.11 Å². The van der Waals surface area contributed by atoms with Gasteiger partial charge in [-0.05, 0) is 37.0 Å². The van der Waals surface area contributed by atoms with Gasteiger partial charge in [0.2, 0.25) is 0 Å². The van der Waals surface area contributed by atoms with Crippen molar-refractivity contribution in [2.75, 3.05) is 13.2 Å². The summed E-state index contributed by atoms with van der Waals surface area (Å²) in [6, 6.07) is 6.86. The highest BCUT2D eigenvalue weighted by Crippen LogP contribution is 2.26. The number of aryl methyl sites for hydroxylation is 1. The van der Waals surface area contributed by atoms with E-state index < -0.39 is 0 Å². The fourth-order valence-corrected chi connectivity index (χ4v) is 3.26. The van der Waals surface area contributed by atoms with Crippen LogP contribution < -0.4 is 0 Å². The summed E-state index contributed by atoms with van der Waals surface area (Å²) in [4.78, 5) is 2.40. The Bertz CT molecular complexity index is 402. The summed E-state index contributed by atoms with van der Waals surface area (Å²) in [5, 5.41) is 10.1. The molecule has 0 saturated heterocycles. The van der Waals surface area contributed by atoms with E-state index in [-0.39, 0.29) is 6.61 Å². The summed E-state index contributed by atoms with van der Waals surface area (Å²) in [7, 11) is 0. The van der Waals surface area contributed by atoms with Crippen molar-refractivity contribution in [2.45, 2.75) is 51.6 Å². The maximum absolute atomic E-state index is 9.28. The summed E-state index contributed by atoms with van der Waals surface area (Å²) < 4.78 is 0. The minimum Gasteiger partial charge on any atom is -0.395 e. The van der Waals surface area contributed by atoms with Gasteiger partial charge in [0.1, 0.15) is 0 Å². The van der Waals surface area contributed by atoms with E-state index in [0.717, 1.165) is 18.1 Å².